The lowest BCUT2D eigenvalue weighted by molar-refractivity contribution is -0.203. The van der Waals surface area contributed by atoms with E-state index in [1.807, 2.05) is 0 Å². The first-order valence-electron chi connectivity index (χ1n) is 13.0. The molecule has 0 aromatic rings. The third-order valence-electron chi connectivity index (χ3n) is 11.0. The molecule has 178 valence electrons. The van der Waals surface area contributed by atoms with Crippen molar-refractivity contribution in [3.05, 3.63) is 0 Å². The van der Waals surface area contributed by atoms with Gasteiger partial charge in [0.1, 0.15) is 0 Å². The van der Waals surface area contributed by atoms with Crippen LogP contribution in [0.5, 0.6) is 0 Å². The molecule has 4 rings (SSSR count). The fourth-order valence-electron chi connectivity index (χ4n) is 9.56. The highest BCUT2D eigenvalue weighted by molar-refractivity contribution is 5.71. The van der Waals surface area contributed by atoms with Crippen molar-refractivity contribution >= 4 is 6.03 Å². The Labute approximate surface area is 188 Å². The lowest BCUT2D eigenvalue weighted by atomic mass is 9.41. The standard InChI is InChI=1S/C26H46N2O3/c1-5-17-21-14-16(29)8-11-26(21,4)20-9-12-25(3)18(15(2)10-13-28-24(27)31)6-7-19(25)22(20)23(17)30/h15-23,29-30H,5-14H2,1-4H3,(H3,27,28,31)/t15-,16-,17-,18-,19+,20+,21?,22?,23-,25?,26+/m1/s1. The fraction of sp³-hybridized carbons (Fsp3) is 0.962. The minimum Gasteiger partial charge on any atom is -0.393 e. The first-order valence-corrected chi connectivity index (χ1v) is 13.0. The molecule has 4 aliphatic rings. The van der Waals surface area contributed by atoms with Crippen LogP contribution >= 0.6 is 0 Å². The predicted octanol–water partition coefficient (Wildman–Crippen LogP) is 4.31. The Bertz CT molecular complexity index is 671. The van der Waals surface area contributed by atoms with Gasteiger partial charge in [0.05, 0.1) is 12.2 Å². The molecule has 31 heavy (non-hydrogen) atoms. The average Bonchev–Trinajstić information content (AvgIpc) is 3.06. The van der Waals surface area contributed by atoms with Crippen molar-refractivity contribution in [2.24, 2.45) is 58.0 Å². The Morgan fingerprint density at radius 2 is 1.74 bits per heavy atom. The first kappa shape index (κ1) is 23.4. The van der Waals surface area contributed by atoms with Crippen LogP contribution in [0.2, 0.25) is 0 Å². The number of rotatable bonds is 5. The van der Waals surface area contributed by atoms with Gasteiger partial charge in [-0.15, -0.1) is 0 Å². The first-order chi connectivity index (χ1) is 14.6. The van der Waals surface area contributed by atoms with Crippen LogP contribution in [0, 0.1) is 52.3 Å². The summed E-state index contributed by atoms with van der Waals surface area (Å²) >= 11 is 0. The topological polar surface area (TPSA) is 95.6 Å². The number of hydrogen-bond donors (Lipinski definition) is 4. The van der Waals surface area contributed by atoms with E-state index in [9.17, 15) is 15.0 Å². The zero-order valence-corrected chi connectivity index (χ0v) is 20.1. The molecule has 0 radical (unpaired) electrons. The summed E-state index contributed by atoms with van der Waals surface area (Å²) in [6.45, 7) is 10.3. The van der Waals surface area contributed by atoms with E-state index in [2.05, 4.69) is 33.0 Å². The second kappa shape index (κ2) is 8.52. The third-order valence-corrected chi connectivity index (χ3v) is 11.0. The highest BCUT2D eigenvalue weighted by Crippen LogP contribution is 2.69. The summed E-state index contributed by atoms with van der Waals surface area (Å²) in [6, 6.07) is -0.431. The Morgan fingerprint density at radius 1 is 1.06 bits per heavy atom. The van der Waals surface area contributed by atoms with E-state index in [0.717, 1.165) is 32.1 Å². The minimum absolute atomic E-state index is 0.185. The van der Waals surface area contributed by atoms with E-state index in [0.29, 0.717) is 48.0 Å². The van der Waals surface area contributed by atoms with Gasteiger partial charge < -0.3 is 21.3 Å². The van der Waals surface area contributed by atoms with Crippen LogP contribution in [-0.4, -0.2) is 35.0 Å². The van der Waals surface area contributed by atoms with E-state index in [1.165, 1.54) is 25.7 Å². The maximum Gasteiger partial charge on any atom is 0.312 e. The fourth-order valence-corrected chi connectivity index (χ4v) is 9.56. The summed E-state index contributed by atoms with van der Waals surface area (Å²) in [5, 5.41) is 25.0. The second-order valence-corrected chi connectivity index (χ2v) is 12.2. The number of aliphatic hydroxyl groups is 2. The quantitative estimate of drug-likeness (QED) is 0.519. The molecule has 0 aromatic heterocycles. The van der Waals surface area contributed by atoms with Crippen molar-refractivity contribution in [3.8, 4) is 0 Å². The molecule has 0 saturated heterocycles. The van der Waals surface area contributed by atoms with Gasteiger partial charge in [-0.3, -0.25) is 0 Å². The van der Waals surface area contributed by atoms with Crippen molar-refractivity contribution in [2.45, 2.75) is 97.7 Å². The Hall–Kier alpha value is -0.810. The van der Waals surface area contributed by atoms with Crippen LogP contribution in [-0.2, 0) is 0 Å². The lowest BCUT2D eigenvalue weighted by Gasteiger charge is -2.64. The summed E-state index contributed by atoms with van der Waals surface area (Å²) in [6.07, 6.45) is 9.44. The lowest BCUT2D eigenvalue weighted by Crippen LogP contribution is -2.62. The van der Waals surface area contributed by atoms with Gasteiger partial charge in [0, 0.05) is 6.54 Å². The molecular weight excluding hydrogens is 388 g/mol. The number of hydrogen-bond acceptors (Lipinski definition) is 3. The number of primary amides is 1. The zero-order valence-electron chi connectivity index (χ0n) is 20.1. The third kappa shape index (κ3) is 3.72. The van der Waals surface area contributed by atoms with Crippen LogP contribution in [0.4, 0.5) is 4.79 Å². The largest absolute Gasteiger partial charge is 0.393 e. The van der Waals surface area contributed by atoms with E-state index in [4.69, 9.17) is 5.73 Å². The van der Waals surface area contributed by atoms with E-state index >= 15 is 0 Å². The number of amides is 2. The van der Waals surface area contributed by atoms with Gasteiger partial charge in [0.25, 0.3) is 0 Å². The number of nitrogens with two attached hydrogens (primary N) is 1. The summed E-state index contributed by atoms with van der Waals surface area (Å²) < 4.78 is 0. The molecule has 0 aromatic carbocycles. The maximum absolute atomic E-state index is 11.7. The van der Waals surface area contributed by atoms with Crippen LogP contribution in [0.3, 0.4) is 0 Å². The molecule has 0 aliphatic heterocycles. The van der Waals surface area contributed by atoms with Gasteiger partial charge >= 0.3 is 6.03 Å². The number of carbonyl (C=O) groups is 1. The highest BCUT2D eigenvalue weighted by atomic mass is 16.3. The second-order valence-electron chi connectivity index (χ2n) is 12.2. The van der Waals surface area contributed by atoms with Crippen LogP contribution < -0.4 is 11.1 Å². The Morgan fingerprint density at radius 3 is 2.42 bits per heavy atom. The van der Waals surface area contributed by atoms with E-state index in [-0.39, 0.29) is 23.0 Å². The average molecular weight is 435 g/mol. The van der Waals surface area contributed by atoms with Crippen molar-refractivity contribution < 1.29 is 15.0 Å². The van der Waals surface area contributed by atoms with Gasteiger partial charge in [-0.05, 0) is 104 Å². The highest BCUT2D eigenvalue weighted by Gasteiger charge is 2.64. The van der Waals surface area contributed by atoms with Gasteiger partial charge in [0.15, 0.2) is 0 Å². The normalized spacial score (nSPS) is 50.1. The maximum atomic E-state index is 11.7. The molecule has 5 nitrogen and oxygen atoms in total. The summed E-state index contributed by atoms with van der Waals surface area (Å²) in [5.74, 6) is 3.56. The van der Waals surface area contributed by atoms with Crippen molar-refractivity contribution in [2.75, 3.05) is 6.54 Å². The molecule has 5 N–H and O–H groups in total. The Balaban J connectivity index is 1.57. The molecular formula is C26H46N2O3. The smallest absolute Gasteiger partial charge is 0.312 e. The molecule has 4 aliphatic carbocycles. The monoisotopic (exact) mass is 434 g/mol. The number of aliphatic hydroxyl groups excluding tert-OH is 2. The van der Waals surface area contributed by atoms with Crippen LogP contribution in [0.1, 0.15) is 85.5 Å². The van der Waals surface area contributed by atoms with Gasteiger partial charge in [0.2, 0.25) is 0 Å². The molecule has 0 bridgehead atoms. The van der Waals surface area contributed by atoms with Crippen molar-refractivity contribution in [1.82, 2.24) is 5.32 Å². The predicted molar refractivity (Wildman–Crippen MR) is 123 cm³/mol. The number of fused-ring (bicyclic) bond motifs is 5. The summed E-state index contributed by atoms with van der Waals surface area (Å²) in [4.78, 5) is 11.1. The molecule has 0 spiro atoms. The van der Waals surface area contributed by atoms with Gasteiger partial charge in [-0.25, -0.2) is 4.79 Å². The summed E-state index contributed by atoms with van der Waals surface area (Å²) in [5.41, 5.74) is 5.81. The van der Waals surface area contributed by atoms with Crippen LogP contribution in [0.15, 0.2) is 0 Å². The molecule has 5 heteroatoms. The van der Waals surface area contributed by atoms with Crippen LogP contribution in [0.25, 0.3) is 0 Å². The molecule has 2 amide bonds. The van der Waals surface area contributed by atoms with Gasteiger partial charge in [-0.2, -0.15) is 0 Å². The number of carbonyl (C=O) groups excluding carboxylic acids is 1. The van der Waals surface area contributed by atoms with Gasteiger partial charge in [-0.1, -0.05) is 34.1 Å². The number of urea groups is 1. The molecule has 3 unspecified atom stereocenters. The van der Waals surface area contributed by atoms with Crippen molar-refractivity contribution in [3.63, 3.8) is 0 Å². The molecule has 0 heterocycles. The van der Waals surface area contributed by atoms with E-state index in [1.54, 1.807) is 0 Å². The molecule has 4 fully saturated rings. The molecule has 4 saturated carbocycles. The minimum atomic E-state index is -0.431. The summed E-state index contributed by atoms with van der Waals surface area (Å²) in [7, 11) is 0. The van der Waals surface area contributed by atoms with E-state index < -0.39 is 6.03 Å². The van der Waals surface area contributed by atoms with Crippen molar-refractivity contribution in [1.29, 1.82) is 0 Å². The molecule has 11 atom stereocenters. The number of nitrogens with one attached hydrogen (secondary N) is 1. The SMILES string of the molecule is CC[C@@H]1C2C[C@H](O)CC[C@@]2(C)[C@H]2CCC3(C)[C@@H]([C@H](C)CCNC(N)=O)CC[C@H]3C2[C@@H]1O. The Kier molecular flexibility index (Phi) is 6.42. The zero-order chi connectivity index (χ0) is 22.6.